The molecule has 14 heavy (non-hydrogen) atoms. The molecule has 0 radical (unpaired) electrons. The highest BCUT2D eigenvalue weighted by molar-refractivity contribution is 5.15. The zero-order valence-corrected chi connectivity index (χ0v) is 10.3. The standard InChI is InChI=1S/C12H24N2/c1-10-6-7-14(8-11(10)2)9-12(3,4)13-5/h13H,6-9H2,1-5H3. The van der Waals surface area contributed by atoms with Gasteiger partial charge in [0.25, 0.3) is 0 Å². The van der Waals surface area contributed by atoms with E-state index in [2.05, 4.69) is 37.9 Å². The van der Waals surface area contributed by atoms with E-state index in [-0.39, 0.29) is 5.54 Å². The summed E-state index contributed by atoms with van der Waals surface area (Å²) < 4.78 is 0. The Morgan fingerprint density at radius 2 is 1.93 bits per heavy atom. The Labute approximate surface area is 88.4 Å². The molecule has 0 aromatic carbocycles. The summed E-state index contributed by atoms with van der Waals surface area (Å²) in [6, 6.07) is 0. The molecule has 1 N–H and O–H groups in total. The Kier molecular flexibility index (Phi) is 3.73. The molecule has 0 saturated heterocycles. The second-order valence-electron chi connectivity index (χ2n) is 5.16. The number of hydrogen-bond donors (Lipinski definition) is 1. The average Bonchev–Trinajstić information content (AvgIpc) is 2.11. The van der Waals surface area contributed by atoms with Crippen LogP contribution >= 0.6 is 0 Å². The molecule has 1 rings (SSSR count). The van der Waals surface area contributed by atoms with E-state index in [1.807, 2.05) is 7.05 Å². The second kappa shape index (κ2) is 4.45. The minimum atomic E-state index is 0.228. The molecular formula is C12H24N2. The molecule has 0 bridgehead atoms. The molecule has 0 atom stereocenters. The van der Waals surface area contributed by atoms with Crippen molar-refractivity contribution in [1.29, 1.82) is 0 Å². The van der Waals surface area contributed by atoms with Crippen molar-refractivity contribution in [3.63, 3.8) is 0 Å². The molecule has 1 heterocycles. The number of hydrogen-bond acceptors (Lipinski definition) is 2. The van der Waals surface area contributed by atoms with E-state index in [1.54, 1.807) is 11.1 Å². The summed E-state index contributed by atoms with van der Waals surface area (Å²) in [6.07, 6.45) is 1.24. The minimum Gasteiger partial charge on any atom is -0.314 e. The molecule has 1 aliphatic rings. The number of nitrogens with one attached hydrogen (secondary N) is 1. The monoisotopic (exact) mass is 196 g/mol. The lowest BCUT2D eigenvalue weighted by molar-refractivity contribution is 0.214. The van der Waals surface area contributed by atoms with Crippen LogP contribution in [-0.4, -0.2) is 37.1 Å². The smallest absolute Gasteiger partial charge is 0.0249 e. The van der Waals surface area contributed by atoms with Crippen molar-refractivity contribution in [3.8, 4) is 0 Å². The van der Waals surface area contributed by atoms with E-state index >= 15 is 0 Å². The van der Waals surface area contributed by atoms with Crippen molar-refractivity contribution in [2.45, 2.75) is 39.7 Å². The predicted molar refractivity (Wildman–Crippen MR) is 62.6 cm³/mol. The van der Waals surface area contributed by atoms with Crippen molar-refractivity contribution in [2.24, 2.45) is 0 Å². The largest absolute Gasteiger partial charge is 0.314 e. The topological polar surface area (TPSA) is 15.3 Å². The van der Waals surface area contributed by atoms with Crippen LogP contribution < -0.4 is 5.32 Å². The van der Waals surface area contributed by atoms with Crippen molar-refractivity contribution in [2.75, 3.05) is 26.7 Å². The van der Waals surface area contributed by atoms with Crippen LogP contribution in [0.5, 0.6) is 0 Å². The Balaban J connectivity index is 2.50. The summed E-state index contributed by atoms with van der Waals surface area (Å²) in [7, 11) is 2.04. The van der Waals surface area contributed by atoms with Gasteiger partial charge in [-0.25, -0.2) is 0 Å². The number of likely N-dealkylation sites (N-methyl/N-ethyl adjacent to an activating group) is 1. The van der Waals surface area contributed by atoms with Crippen LogP contribution in [0.4, 0.5) is 0 Å². The summed E-state index contributed by atoms with van der Waals surface area (Å²) in [4.78, 5) is 2.54. The highest BCUT2D eigenvalue weighted by Gasteiger charge is 2.21. The van der Waals surface area contributed by atoms with Gasteiger partial charge in [-0.2, -0.15) is 0 Å². The normalized spacial score (nSPS) is 20.4. The molecule has 0 aromatic heterocycles. The van der Waals surface area contributed by atoms with Gasteiger partial charge in [-0.3, -0.25) is 4.90 Å². The Morgan fingerprint density at radius 1 is 1.29 bits per heavy atom. The molecule has 0 aliphatic carbocycles. The van der Waals surface area contributed by atoms with Gasteiger partial charge in [-0.15, -0.1) is 0 Å². The van der Waals surface area contributed by atoms with Crippen LogP contribution in [0, 0.1) is 0 Å². The third kappa shape index (κ3) is 3.10. The Hall–Kier alpha value is -0.340. The lowest BCUT2D eigenvalue weighted by atomic mass is 9.99. The van der Waals surface area contributed by atoms with Gasteiger partial charge in [0.15, 0.2) is 0 Å². The van der Waals surface area contributed by atoms with Crippen molar-refractivity contribution in [1.82, 2.24) is 10.2 Å². The van der Waals surface area contributed by atoms with Gasteiger partial charge in [0.1, 0.15) is 0 Å². The fourth-order valence-corrected chi connectivity index (χ4v) is 1.86. The lowest BCUT2D eigenvalue weighted by Gasteiger charge is -2.35. The fourth-order valence-electron chi connectivity index (χ4n) is 1.86. The maximum absolute atomic E-state index is 3.36. The van der Waals surface area contributed by atoms with Crippen LogP contribution in [0.3, 0.4) is 0 Å². The van der Waals surface area contributed by atoms with Crippen molar-refractivity contribution >= 4 is 0 Å². The van der Waals surface area contributed by atoms with E-state index in [1.165, 1.54) is 13.0 Å². The van der Waals surface area contributed by atoms with Crippen LogP contribution in [0.2, 0.25) is 0 Å². The molecule has 0 amide bonds. The summed E-state index contributed by atoms with van der Waals surface area (Å²) in [6.45, 7) is 12.5. The molecule has 0 saturated carbocycles. The molecule has 2 nitrogen and oxygen atoms in total. The first-order chi connectivity index (χ1) is 6.44. The first-order valence-electron chi connectivity index (χ1n) is 5.51. The lowest BCUT2D eigenvalue weighted by Crippen LogP contribution is -2.48. The molecule has 0 spiro atoms. The SMILES string of the molecule is CNC(C)(C)CN1CCC(C)=C(C)C1. The van der Waals surface area contributed by atoms with Crippen LogP contribution in [0.1, 0.15) is 34.1 Å². The summed E-state index contributed by atoms with van der Waals surface area (Å²) in [5.74, 6) is 0. The molecule has 82 valence electrons. The van der Waals surface area contributed by atoms with Crippen molar-refractivity contribution < 1.29 is 0 Å². The van der Waals surface area contributed by atoms with Crippen molar-refractivity contribution in [3.05, 3.63) is 11.1 Å². The Bertz CT molecular complexity index is 228. The predicted octanol–water partition coefficient (Wildman–Crippen LogP) is 2.03. The summed E-state index contributed by atoms with van der Waals surface area (Å²) in [5.41, 5.74) is 3.37. The van der Waals surface area contributed by atoms with Crippen LogP contribution in [0.15, 0.2) is 11.1 Å². The van der Waals surface area contributed by atoms with Gasteiger partial charge in [0.05, 0.1) is 0 Å². The van der Waals surface area contributed by atoms with E-state index < -0.39 is 0 Å². The Morgan fingerprint density at radius 3 is 2.43 bits per heavy atom. The second-order valence-corrected chi connectivity index (χ2v) is 5.16. The molecule has 2 heteroatoms. The highest BCUT2D eigenvalue weighted by Crippen LogP contribution is 2.18. The molecule has 1 aliphatic heterocycles. The zero-order valence-electron chi connectivity index (χ0n) is 10.3. The molecular weight excluding hydrogens is 172 g/mol. The molecule has 0 unspecified atom stereocenters. The minimum absolute atomic E-state index is 0.228. The molecule has 0 aromatic rings. The van der Waals surface area contributed by atoms with Crippen LogP contribution in [0.25, 0.3) is 0 Å². The van der Waals surface area contributed by atoms with E-state index in [4.69, 9.17) is 0 Å². The highest BCUT2D eigenvalue weighted by atomic mass is 15.2. The maximum atomic E-state index is 3.36. The summed E-state index contributed by atoms with van der Waals surface area (Å²) >= 11 is 0. The first-order valence-corrected chi connectivity index (χ1v) is 5.51. The average molecular weight is 196 g/mol. The van der Waals surface area contributed by atoms with Gasteiger partial charge in [-0.1, -0.05) is 11.1 Å². The van der Waals surface area contributed by atoms with E-state index in [0.29, 0.717) is 0 Å². The quantitative estimate of drug-likeness (QED) is 0.695. The zero-order chi connectivity index (χ0) is 10.8. The van der Waals surface area contributed by atoms with Gasteiger partial charge in [-0.05, 0) is 41.2 Å². The number of rotatable bonds is 3. The third-order valence-corrected chi connectivity index (χ3v) is 3.29. The third-order valence-electron chi connectivity index (χ3n) is 3.29. The van der Waals surface area contributed by atoms with Gasteiger partial charge >= 0.3 is 0 Å². The first kappa shape index (κ1) is 11.7. The molecule has 0 fully saturated rings. The maximum Gasteiger partial charge on any atom is 0.0249 e. The van der Waals surface area contributed by atoms with E-state index in [9.17, 15) is 0 Å². The fraction of sp³-hybridized carbons (Fsp3) is 0.833. The van der Waals surface area contributed by atoms with Crippen LogP contribution in [-0.2, 0) is 0 Å². The number of nitrogens with zero attached hydrogens (tertiary/aromatic N) is 1. The van der Waals surface area contributed by atoms with Gasteiger partial charge < -0.3 is 5.32 Å². The van der Waals surface area contributed by atoms with Gasteiger partial charge in [0, 0.05) is 25.2 Å². The van der Waals surface area contributed by atoms with E-state index in [0.717, 1.165) is 13.1 Å². The summed E-state index contributed by atoms with van der Waals surface area (Å²) in [5, 5.41) is 3.36. The van der Waals surface area contributed by atoms with Gasteiger partial charge in [0.2, 0.25) is 0 Å².